The zero-order chi connectivity index (χ0) is 15.9. The normalized spacial score (nSPS) is 27.2. The Morgan fingerprint density at radius 1 is 1.36 bits per heavy atom. The molecule has 0 aromatic carbocycles. The summed E-state index contributed by atoms with van der Waals surface area (Å²) in [6.07, 6.45) is 5.10. The first-order valence-corrected chi connectivity index (χ1v) is 9.55. The molecule has 1 fully saturated rings. The van der Waals surface area contributed by atoms with Crippen molar-refractivity contribution in [2.75, 3.05) is 18.1 Å². The van der Waals surface area contributed by atoms with E-state index in [-0.39, 0.29) is 11.5 Å². The van der Waals surface area contributed by atoms with Crippen molar-refractivity contribution in [3.63, 3.8) is 0 Å². The van der Waals surface area contributed by atoms with Gasteiger partial charge in [-0.1, -0.05) is 18.5 Å². The van der Waals surface area contributed by atoms with Crippen LogP contribution in [0, 0.1) is 11.8 Å². The van der Waals surface area contributed by atoms with Crippen LogP contribution in [0.1, 0.15) is 52.4 Å². The quantitative estimate of drug-likeness (QED) is 0.589. The molecule has 1 saturated heterocycles. The molecule has 22 heavy (non-hydrogen) atoms. The minimum Gasteiger partial charge on any atom is -0.511 e. The number of rotatable bonds is 6. The number of thioether (sulfide) groups is 1. The molecule has 0 aromatic rings. The molecule has 4 nitrogen and oxygen atoms in total. The third kappa shape index (κ3) is 4.28. The van der Waals surface area contributed by atoms with Gasteiger partial charge in [0.05, 0.1) is 11.3 Å². The van der Waals surface area contributed by atoms with Gasteiger partial charge in [-0.3, -0.25) is 4.79 Å². The van der Waals surface area contributed by atoms with Crippen LogP contribution in [-0.4, -0.2) is 34.7 Å². The van der Waals surface area contributed by atoms with Crippen molar-refractivity contribution in [3.05, 3.63) is 11.3 Å². The lowest BCUT2D eigenvalue weighted by Crippen LogP contribution is -2.30. The molecule has 1 heterocycles. The molecule has 0 bridgehead atoms. The summed E-state index contributed by atoms with van der Waals surface area (Å²) in [5.74, 6) is 3.46. The van der Waals surface area contributed by atoms with Gasteiger partial charge in [-0.15, -0.1) is 0 Å². The van der Waals surface area contributed by atoms with Crippen LogP contribution < -0.4 is 0 Å². The number of allylic oxidation sites excluding steroid dienone is 2. The molecule has 1 N–H and O–H groups in total. The van der Waals surface area contributed by atoms with E-state index in [4.69, 9.17) is 4.84 Å². The predicted molar refractivity (Wildman–Crippen MR) is 91.4 cm³/mol. The van der Waals surface area contributed by atoms with Crippen molar-refractivity contribution in [2.45, 2.75) is 52.4 Å². The minimum absolute atomic E-state index is 0.0382. The second-order valence-corrected chi connectivity index (χ2v) is 7.25. The molecular weight excluding hydrogens is 298 g/mol. The molecule has 0 saturated carbocycles. The molecule has 0 unspecified atom stereocenters. The predicted octanol–water partition coefficient (Wildman–Crippen LogP) is 4.11. The van der Waals surface area contributed by atoms with E-state index in [1.54, 1.807) is 0 Å². The van der Waals surface area contributed by atoms with E-state index < -0.39 is 0 Å². The molecule has 2 aliphatic rings. The highest BCUT2D eigenvalue weighted by Gasteiger charge is 2.35. The maximum Gasteiger partial charge on any atom is 0.168 e. The molecule has 0 spiro atoms. The maximum atomic E-state index is 12.6. The Balaban J connectivity index is 2.15. The fourth-order valence-corrected chi connectivity index (χ4v) is 4.60. The largest absolute Gasteiger partial charge is 0.511 e. The van der Waals surface area contributed by atoms with E-state index in [2.05, 4.69) is 5.16 Å². The van der Waals surface area contributed by atoms with Gasteiger partial charge in [0.25, 0.3) is 0 Å². The first kappa shape index (κ1) is 17.4. The highest BCUT2D eigenvalue weighted by Crippen LogP contribution is 2.38. The van der Waals surface area contributed by atoms with Gasteiger partial charge in [0.2, 0.25) is 0 Å². The second kappa shape index (κ2) is 8.61. The fraction of sp³-hybridized carbons (Fsp3) is 0.765. The number of hydrogen-bond donors (Lipinski definition) is 1. The Bertz CT molecular complexity index is 453. The van der Waals surface area contributed by atoms with E-state index in [9.17, 15) is 9.90 Å². The van der Waals surface area contributed by atoms with Crippen molar-refractivity contribution in [1.82, 2.24) is 0 Å². The summed E-state index contributed by atoms with van der Waals surface area (Å²) in [5, 5.41) is 14.5. The molecule has 5 heteroatoms. The molecular formula is C17H27NO3S. The number of carbonyl (C=O) groups excluding carboxylic acids is 1. The Morgan fingerprint density at radius 2 is 2.18 bits per heavy atom. The summed E-state index contributed by atoms with van der Waals surface area (Å²) in [6, 6.07) is 0. The smallest absolute Gasteiger partial charge is 0.168 e. The zero-order valence-corrected chi connectivity index (χ0v) is 14.5. The Hall–Kier alpha value is -0.970. The van der Waals surface area contributed by atoms with Gasteiger partial charge < -0.3 is 9.94 Å². The van der Waals surface area contributed by atoms with Crippen molar-refractivity contribution < 1.29 is 14.7 Å². The number of Topliss-reactive ketones (excluding diaryl/α,β-unsaturated/α-hetero) is 1. The first-order valence-electron chi connectivity index (χ1n) is 8.39. The summed E-state index contributed by atoms with van der Waals surface area (Å²) in [5.41, 5.74) is 1.04. The number of ketones is 1. The summed E-state index contributed by atoms with van der Waals surface area (Å²) in [7, 11) is 0. The van der Waals surface area contributed by atoms with Gasteiger partial charge in [0.15, 0.2) is 5.78 Å². The van der Waals surface area contributed by atoms with E-state index in [1.807, 2.05) is 25.6 Å². The first-order chi connectivity index (χ1) is 10.7. The highest BCUT2D eigenvalue weighted by molar-refractivity contribution is 7.99. The van der Waals surface area contributed by atoms with Gasteiger partial charge in [0.1, 0.15) is 12.4 Å². The molecule has 124 valence electrons. The lowest BCUT2D eigenvalue weighted by molar-refractivity contribution is -0.117. The van der Waals surface area contributed by atoms with Gasteiger partial charge >= 0.3 is 0 Å². The van der Waals surface area contributed by atoms with Crippen LogP contribution in [0.3, 0.4) is 0 Å². The van der Waals surface area contributed by atoms with Crippen molar-refractivity contribution >= 4 is 23.3 Å². The van der Waals surface area contributed by atoms with Crippen LogP contribution in [-0.2, 0) is 9.63 Å². The number of nitrogens with zero attached hydrogens (tertiary/aromatic N) is 1. The number of aliphatic hydroxyl groups is 1. The van der Waals surface area contributed by atoms with E-state index in [1.165, 1.54) is 18.6 Å². The Kier molecular flexibility index (Phi) is 6.80. The SMILES string of the molecule is CCC/C(=N/OCC)C1=C(O)C[C@@H]([C@@H]2CCCSC2)CC1=O. The highest BCUT2D eigenvalue weighted by atomic mass is 32.2. The van der Waals surface area contributed by atoms with E-state index in [0.717, 1.165) is 12.2 Å². The molecule has 1 aliphatic heterocycles. The standard InChI is InChI=1S/C17H27NO3S/c1-3-6-14(18-21-4-2)17-15(19)9-13(10-16(17)20)12-7-5-8-22-11-12/h12-13,19H,3-11H2,1-2H3/b18-14-/t12-,13-/m1/s1. The van der Waals surface area contributed by atoms with Crippen LogP contribution in [0.4, 0.5) is 0 Å². The van der Waals surface area contributed by atoms with Crippen LogP contribution in [0.2, 0.25) is 0 Å². The number of carbonyl (C=O) groups is 1. The molecule has 0 aromatic heterocycles. The van der Waals surface area contributed by atoms with Crippen LogP contribution in [0.15, 0.2) is 16.5 Å². The Labute approximate surface area is 137 Å². The molecule has 2 atom stereocenters. The number of hydrogen-bond acceptors (Lipinski definition) is 5. The molecule has 2 rings (SSSR count). The van der Waals surface area contributed by atoms with Crippen molar-refractivity contribution in [3.8, 4) is 0 Å². The third-order valence-electron chi connectivity index (χ3n) is 4.41. The van der Waals surface area contributed by atoms with Gasteiger partial charge in [-0.2, -0.15) is 11.8 Å². The molecule has 0 radical (unpaired) electrons. The van der Waals surface area contributed by atoms with E-state index in [0.29, 0.717) is 49.0 Å². The summed E-state index contributed by atoms with van der Waals surface area (Å²) < 4.78 is 0. The lowest BCUT2D eigenvalue weighted by Gasteiger charge is -2.32. The van der Waals surface area contributed by atoms with Gasteiger partial charge in [-0.25, -0.2) is 0 Å². The van der Waals surface area contributed by atoms with Gasteiger partial charge in [-0.05, 0) is 49.5 Å². The third-order valence-corrected chi connectivity index (χ3v) is 5.65. The summed E-state index contributed by atoms with van der Waals surface area (Å²) in [4.78, 5) is 17.7. The lowest BCUT2D eigenvalue weighted by atomic mass is 9.76. The van der Waals surface area contributed by atoms with Crippen LogP contribution in [0.5, 0.6) is 0 Å². The van der Waals surface area contributed by atoms with Crippen molar-refractivity contribution in [1.29, 1.82) is 0 Å². The topological polar surface area (TPSA) is 58.9 Å². The minimum atomic E-state index is 0.0382. The van der Waals surface area contributed by atoms with E-state index >= 15 is 0 Å². The monoisotopic (exact) mass is 325 g/mol. The van der Waals surface area contributed by atoms with Crippen LogP contribution in [0.25, 0.3) is 0 Å². The van der Waals surface area contributed by atoms with Crippen LogP contribution >= 0.6 is 11.8 Å². The summed E-state index contributed by atoms with van der Waals surface area (Å²) >= 11 is 1.97. The fourth-order valence-electron chi connectivity index (χ4n) is 3.32. The number of aliphatic hydroxyl groups excluding tert-OH is 1. The summed E-state index contributed by atoms with van der Waals surface area (Å²) in [6.45, 7) is 4.37. The molecule has 0 amide bonds. The number of oxime groups is 1. The molecule has 1 aliphatic carbocycles. The maximum absolute atomic E-state index is 12.6. The average Bonchev–Trinajstić information content (AvgIpc) is 2.52. The van der Waals surface area contributed by atoms with Crippen molar-refractivity contribution in [2.24, 2.45) is 17.0 Å². The Morgan fingerprint density at radius 3 is 2.77 bits per heavy atom. The average molecular weight is 325 g/mol. The zero-order valence-electron chi connectivity index (χ0n) is 13.6. The second-order valence-electron chi connectivity index (χ2n) is 6.10. The van der Waals surface area contributed by atoms with Gasteiger partial charge in [0, 0.05) is 12.8 Å².